The Hall–Kier alpha value is 0.140. The summed E-state index contributed by atoms with van der Waals surface area (Å²) in [7, 11) is 0. The van der Waals surface area contributed by atoms with Gasteiger partial charge in [0.15, 0.2) is 0 Å². The zero-order chi connectivity index (χ0) is 10.6. The summed E-state index contributed by atoms with van der Waals surface area (Å²) >= 11 is 11.4. The third-order valence-electron chi connectivity index (χ3n) is 1.87. The largest absolute Gasteiger partial charge is 0.383 e. The van der Waals surface area contributed by atoms with E-state index in [0.29, 0.717) is 0 Å². The van der Waals surface area contributed by atoms with Crippen LogP contribution in [0.1, 0.15) is 5.56 Å². The molecular weight excluding hydrogens is 282 g/mol. The lowest BCUT2D eigenvalue weighted by atomic mass is 10.2. The van der Waals surface area contributed by atoms with Crippen LogP contribution in [0.3, 0.4) is 0 Å². The van der Waals surface area contributed by atoms with Crippen molar-refractivity contribution < 1.29 is 0 Å². The fraction of sp³-hybridized carbons (Fsp3) is 0.400. The van der Waals surface area contributed by atoms with Gasteiger partial charge in [-0.25, -0.2) is 0 Å². The predicted molar refractivity (Wildman–Crippen MR) is 70.8 cm³/mol. The van der Waals surface area contributed by atoms with Crippen LogP contribution < -0.4 is 5.32 Å². The van der Waals surface area contributed by atoms with Gasteiger partial charge >= 0.3 is 0 Å². The normalized spacial score (nSPS) is 10.3. The van der Waals surface area contributed by atoms with E-state index in [0.717, 1.165) is 33.0 Å². The van der Waals surface area contributed by atoms with Crippen LogP contribution in [-0.2, 0) is 0 Å². The third-order valence-corrected chi connectivity index (χ3v) is 3.55. The van der Waals surface area contributed by atoms with Crippen molar-refractivity contribution in [2.75, 3.05) is 23.9 Å². The number of anilines is 1. The zero-order valence-electron chi connectivity index (χ0n) is 8.23. The lowest BCUT2D eigenvalue weighted by Gasteiger charge is -2.09. The Morgan fingerprint density at radius 2 is 2.21 bits per heavy atom. The van der Waals surface area contributed by atoms with Crippen LogP contribution in [0.15, 0.2) is 16.6 Å². The summed E-state index contributed by atoms with van der Waals surface area (Å²) < 4.78 is 1.07. The molecule has 0 unspecified atom stereocenters. The molecule has 0 aromatic heterocycles. The molecule has 0 fully saturated rings. The molecule has 0 aliphatic carbocycles. The lowest BCUT2D eigenvalue weighted by Crippen LogP contribution is -2.04. The topological polar surface area (TPSA) is 12.0 Å². The average Bonchev–Trinajstić information content (AvgIpc) is 2.14. The third kappa shape index (κ3) is 3.37. The van der Waals surface area contributed by atoms with Crippen molar-refractivity contribution in [2.24, 2.45) is 0 Å². The minimum atomic E-state index is 0.805. The highest BCUT2D eigenvalue weighted by Crippen LogP contribution is 2.28. The second-order valence-electron chi connectivity index (χ2n) is 3.00. The summed E-state index contributed by atoms with van der Waals surface area (Å²) in [5.41, 5.74) is 2.16. The number of hydrogen-bond acceptors (Lipinski definition) is 2. The smallest absolute Gasteiger partial charge is 0.0500 e. The number of nitrogens with one attached hydrogen (secondary N) is 1. The monoisotopic (exact) mass is 293 g/mol. The van der Waals surface area contributed by atoms with E-state index in [1.807, 2.05) is 30.8 Å². The van der Waals surface area contributed by atoms with Gasteiger partial charge in [-0.2, -0.15) is 11.8 Å². The molecule has 0 saturated heterocycles. The van der Waals surface area contributed by atoms with Gasteiger partial charge in [0.1, 0.15) is 0 Å². The molecule has 1 nitrogen and oxygen atoms in total. The molecular formula is C10H13BrClNS. The highest BCUT2D eigenvalue weighted by molar-refractivity contribution is 9.10. The van der Waals surface area contributed by atoms with Gasteiger partial charge in [-0.3, -0.25) is 0 Å². The summed E-state index contributed by atoms with van der Waals surface area (Å²) in [6.07, 6.45) is 2.10. The van der Waals surface area contributed by atoms with Crippen molar-refractivity contribution in [3.05, 3.63) is 27.2 Å². The minimum Gasteiger partial charge on any atom is -0.383 e. The van der Waals surface area contributed by atoms with Gasteiger partial charge in [0.05, 0.1) is 0 Å². The van der Waals surface area contributed by atoms with E-state index in [9.17, 15) is 0 Å². The molecule has 1 aromatic rings. The van der Waals surface area contributed by atoms with Crippen molar-refractivity contribution >= 4 is 45.0 Å². The van der Waals surface area contributed by atoms with Crippen molar-refractivity contribution in [3.63, 3.8) is 0 Å². The van der Waals surface area contributed by atoms with Crippen LogP contribution in [0.5, 0.6) is 0 Å². The quantitative estimate of drug-likeness (QED) is 0.836. The van der Waals surface area contributed by atoms with Crippen molar-refractivity contribution in [2.45, 2.75) is 6.92 Å². The molecule has 0 heterocycles. The van der Waals surface area contributed by atoms with Crippen LogP contribution in [0, 0.1) is 6.92 Å². The van der Waals surface area contributed by atoms with E-state index in [1.54, 1.807) is 0 Å². The Kier molecular flexibility index (Phi) is 5.13. The molecule has 0 aliphatic rings. The van der Waals surface area contributed by atoms with Gasteiger partial charge in [0.25, 0.3) is 0 Å². The van der Waals surface area contributed by atoms with Crippen LogP contribution in [0.25, 0.3) is 0 Å². The van der Waals surface area contributed by atoms with E-state index in [2.05, 4.69) is 27.5 Å². The maximum atomic E-state index is 6.03. The van der Waals surface area contributed by atoms with Crippen molar-refractivity contribution in [1.29, 1.82) is 0 Å². The van der Waals surface area contributed by atoms with Gasteiger partial charge in [0.2, 0.25) is 0 Å². The Bertz CT molecular complexity index is 317. The van der Waals surface area contributed by atoms with E-state index in [1.165, 1.54) is 0 Å². The molecule has 0 bridgehead atoms. The molecule has 0 spiro atoms. The standard InChI is InChI=1S/C10H13BrClNS/c1-7-5-8(11)10(6-9(7)12)13-3-4-14-2/h5-6,13H,3-4H2,1-2H3. The summed E-state index contributed by atoms with van der Waals surface area (Å²) in [6, 6.07) is 3.99. The maximum absolute atomic E-state index is 6.03. The Morgan fingerprint density at radius 3 is 2.86 bits per heavy atom. The van der Waals surface area contributed by atoms with Crippen molar-refractivity contribution in [1.82, 2.24) is 0 Å². The van der Waals surface area contributed by atoms with Crippen molar-refractivity contribution in [3.8, 4) is 0 Å². The summed E-state index contributed by atoms with van der Waals surface area (Å²) in [5.74, 6) is 1.10. The van der Waals surface area contributed by atoms with Gasteiger partial charge in [-0.15, -0.1) is 0 Å². The Balaban J connectivity index is 2.72. The number of thioether (sulfide) groups is 1. The molecule has 1 rings (SSSR count). The molecule has 4 heteroatoms. The van der Waals surface area contributed by atoms with Gasteiger partial charge in [0, 0.05) is 27.5 Å². The highest BCUT2D eigenvalue weighted by Gasteiger charge is 2.02. The van der Waals surface area contributed by atoms with Gasteiger partial charge in [-0.05, 0) is 46.8 Å². The number of halogens is 2. The van der Waals surface area contributed by atoms with Gasteiger partial charge < -0.3 is 5.32 Å². The van der Waals surface area contributed by atoms with Crippen LogP contribution in [-0.4, -0.2) is 18.6 Å². The average molecular weight is 295 g/mol. The van der Waals surface area contributed by atoms with E-state index in [4.69, 9.17) is 11.6 Å². The summed E-state index contributed by atoms with van der Waals surface area (Å²) in [5, 5.41) is 4.14. The first kappa shape index (κ1) is 12.2. The molecule has 0 radical (unpaired) electrons. The predicted octanol–water partition coefficient (Wildman–Crippen LogP) is 4.19. The lowest BCUT2D eigenvalue weighted by molar-refractivity contribution is 1.22. The Morgan fingerprint density at radius 1 is 1.50 bits per heavy atom. The number of aryl methyl sites for hydroxylation is 1. The second kappa shape index (κ2) is 5.89. The van der Waals surface area contributed by atoms with Crippen LogP contribution in [0.2, 0.25) is 5.02 Å². The fourth-order valence-corrected chi connectivity index (χ4v) is 2.14. The van der Waals surface area contributed by atoms with E-state index in [-0.39, 0.29) is 0 Å². The van der Waals surface area contributed by atoms with Crippen LogP contribution in [0.4, 0.5) is 5.69 Å². The number of hydrogen-bond donors (Lipinski definition) is 1. The molecule has 0 saturated carbocycles. The molecule has 0 aliphatic heterocycles. The van der Waals surface area contributed by atoms with Gasteiger partial charge in [-0.1, -0.05) is 11.6 Å². The SMILES string of the molecule is CSCCNc1cc(Cl)c(C)cc1Br. The first-order valence-electron chi connectivity index (χ1n) is 4.33. The fourth-order valence-electron chi connectivity index (χ4n) is 1.07. The highest BCUT2D eigenvalue weighted by atomic mass is 79.9. The number of rotatable bonds is 4. The molecule has 78 valence electrons. The molecule has 14 heavy (non-hydrogen) atoms. The summed E-state index contributed by atoms with van der Waals surface area (Å²) in [6.45, 7) is 2.96. The number of benzene rings is 1. The molecule has 0 amide bonds. The minimum absolute atomic E-state index is 0.805. The maximum Gasteiger partial charge on any atom is 0.0500 e. The molecule has 1 N–H and O–H groups in total. The van der Waals surface area contributed by atoms with E-state index < -0.39 is 0 Å². The Labute approximate surface area is 103 Å². The van der Waals surface area contributed by atoms with E-state index >= 15 is 0 Å². The second-order valence-corrected chi connectivity index (χ2v) is 5.25. The zero-order valence-corrected chi connectivity index (χ0v) is 11.4. The summed E-state index contributed by atoms with van der Waals surface area (Å²) in [4.78, 5) is 0. The molecule has 1 aromatic carbocycles. The molecule has 0 atom stereocenters. The first-order valence-corrected chi connectivity index (χ1v) is 6.90. The first-order chi connectivity index (χ1) is 6.65. The van der Waals surface area contributed by atoms with Crippen LogP contribution >= 0.6 is 39.3 Å².